The topological polar surface area (TPSA) is 68.8 Å². The second-order valence-corrected chi connectivity index (χ2v) is 4.67. The minimum Gasteiger partial charge on any atom is -0.271 e. The lowest BCUT2D eigenvalue weighted by Gasteiger charge is -2.18. The van der Waals surface area contributed by atoms with Gasteiger partial charge < -0.3 is 0 Å². The summed E-state index contributed by atoms with van der Waals surface area (Å²) in [5, 5.41) is 8.72. The van der Waals surface area contributed by atoms with E-state index in [0.717, 1.165) is 21.8 Å². The first-order valence-corrected chi connectivity index (χ1v) is 6.06. The molecule has 0 aliphatic rings. The van der Waals surface area contributed by atoms with Crippen molar-refractivity contribution in [2.75, 3.05) is 0 Å². The Morgan fingerprint density at radius 1 is 1.50 bits per heavy atom. The lowest BCUT2D eigenvalue weighted by Crippen LogP contribution is -2.30. The van der Waals surface area contributed by atoms with Gasteiger partial charge in [-0.1, -0.05) is 28.9 Å². The number of nitrogens with two attached hydrogens (primary N) is 1. The number of hydrazine groups is 1. The van der Waals surface area contributed by atoms with Crippen molar-refractivity contribution in [3.63, 3.8) is 0 Å². The summed E-state index contributed by atoms with van der Waals surface area (Å²) in [7, 11) is 1.84. The smallest absolute Gasteiger partial charge is 0.0846 e. The van der Waals surface area contributed by atoms with E-state index in [0.29, 0.717) is 6.42 Å². The highest BCUT2D eigenvalue weighted by Crippen LogP contribution is 2.25. The van der Waals surface area contributed by atoms with E-state index in [2.05, 4.69) is 15.7 Å². The van der Waals surface area contributed by atoms with Gasteiger partial charge in [-0.2, -0.15) is 0 Å². The van der Waals surface area contributed by atoms with Gasteiger partial charge in [0, 0.05) is 24.7 Å². The van der Waals surface area contributed by atoms with Crippen LogP contribution in [0.15, 0.2) is 24.4 Å². The predicted octanol–water partition coefficient (Wildman–Crippen LogP) is 1.52. The third kappa shape index (κ3) is 2.69. The average Bonchev–Trinajstić information content (AvgIpc) is 2.76. The van der Waals surface area contributed by atoms with Crippen LogP contribution in [0.1, 0.15) is 22.9 Å². The zero-order valence-corrected chi connectivity index (χ0v) is 11.1. The van der Waals surface area contributed by atoms with Crippen molar-refractivity contribution < 1.29 is 0 Å². The van der Waals surface area contributed by atoms with Crippen molar-refractivity contribution in [1.29, 1.82) is 0 Å². The zero-order valence-electron chi connectivity index (χ0n) is 10.4. The summed E-state index contributed by atoms with van der Waals surface area (Å²) in [6.45, 7) is 1.98. The molecule has 0 fully saturated rings. The summed E-state index contributed by atoms with van der Waals surface area (Å²) < 4.78 is 1.67. The molecule has 1 heterocycles. The van der Waals surface area contributed by atoms with E-state index in [1.165, 1.54) is 0 Å². The fourth-order valence-corrected chi connectivity index (χ4v) is 2.14. The van der Waals surface area contributed by atoms with Gasteiger partial charge in [0.05, 0.1) is 11.7 Å². The average molecular weight is 266 g/mol. The van der Waals surface area contributed by atoms with E-state index in [1.54, 1.807) is 4.68 Å². The van der Waals surface area contributed by atoms with Crippen molar-refractivity contribution in [1.82, 2.24) is 20.4 Å². The van der Waals surface area contributed by atoms with E-state index < -0.39 is 0 Å². The van der Waals surface area contributed by atoms with Gasteiger partial charge in [0.2, 0.25) is 0 Å². The lowest BCUT2D eigenvalue weighted by atomic mass is 9.98. The number of aryl methyl sites for hydroxylation is 1. The van der Waals surface area contributed by atoms with Crippen molar-refractivity contribution >= 4 is 11.6 Å². The normalized spacial score (nSPS) is 12.7. The molecular weight excluding hydrogens is 250 g/mol. The number of hydrogen-bond donors (Lipinski definition) is 2. The van der Waals surface area contributed by atoms with Gasteiger partial charge in [-0.3, -0.25) is 16.0 Å². The molecule has 0 aliphatic heterocycles. The summed E-state index contributed by atoms with van der Waals surface area (Å²) in [6.07, 6.45) is 2.55. The van der Waals surface area contributed by atoms with Gasteiger partial charge >= 0.3 is 0 Å². The van der Waals surface area contributed by atoms with Crippen LogP contribution in [0.25, 0.3) is 0 Å². The Bertz CT molecular complexity index is 537. The van der Waals surface area contributed by atoms with Gasteiger partial charge in [-0.05, 0) is 24.1 Å². The van der Waals surface area contributed by atoms with Gasteiger partial charge in [0.15, 0.2) is 0 Å². The van der Waals surface area contributed by atoms with E-state index in [9.17, 15) is 0 Å². The quantitative estimate of drug-likeness (QED) is 0.650. The Hall–Kier alpha value is -1.43. The molecule has 18 heavy (non-hydrogen) atoms. The molecule has 1 aromatic carbocycles. The maximum atomic E-state index is 6.12. The van der Waals surface area contributed by atoms with Crippen molar-refractivity contribution in [3.8, 4) is 0 Å². The second-order valence-electron chi connectivity index (χ2n) is 4.26. The highest BCUT2D eigenvalue weighted by molar-refractivity contribution is 6.31. The third-order valence-electron chi connectivity index (χ3n) is 2.95. The fourth-order valence-electron chi connectivity index (χ4n) is 1.96. The van der Waals surface area contributed by atoms with Crippen LogP contribution in [0.5, 0.6) is 0 Å². The minimum absolute atomic E-state index is 0.0274. The number of nitrogens with one attached hydrogen (secondary N) is 1. The molecule has 0 spiro atoms. The Balaban J connectivity index is 2.25. The van der Waals surface area contributed by atoms with Crippen LogP contribution in [0, 0.1) is 6.92 Å². The Labute approximate surface area is 111 Å². The summed E-state index contributed by atoms with van der Waals surface area (Å²) in [4.78, 5) is 0. The van der Waals surface area contributed by atoms with Crippen molar-refractivity contribution in [2.24, 2.45) is 12.9 Å². The molecule has 0 aliphatic carbocycles. The van der Waals surface area contributed by atoms with Crippen molar-refractivity contribution in [3.05, 3.63) is 46.2 Å². The number of aromatic nitrogens is 3. The number of hydrogen-bond acceptors (Lipinski definition) is 4. The van der Waals surface area contributed by atoms with Gasteiger partial charge in [-0.15, -0.1) is 5.10 Å². The summed E-state index contributed by atoms with van der Waals surface area (Å²) >= 11 is 6.12. The maximum Gasteiger partial charge on any atom is 0.0846 e. The van der Waals surface area contributed by atoms with E-state index >= 15 is 0 Å². The first kappa shape index (κ1) is 13.0. The number of nitrogens with zero attached hydrogens (tertiary/aromatic N) is 3. The van der Waals surface area contributed by atoms with Crippen LogP contribution in [0.4, 0.5) is 0 Å². The van der Waals surface area contributed by atoms with Crippen LogP contribution in [0.3, 0.4) is 0 Å². The molecule has 0 amide bonds. The molecule has 0 saturated carbocycles. The first-order valence-electron chi connectivity index (χ1n) is 5.68. The maximum absolute atomic E-state index is 6.12. The standard InChI is InChI=1S/C12H16ClN5/c1-8-10(4-3-5-11(8)13)12(15-14)6-9-7-18(2)17-16-9/h3-5,7,12,15H,6,14H2,1-2H3. The second kappa shape index (κ2) is 5.48. The molecule has 3 N–H and O–H groups in total. The van der Waals surface area contributed by atoms with Gasteiger partial charge in [-0.25, -0.2) is 0 Å². The monoisotopic (exact) mass is 265 g/mol. The third-order valence-corrected chi connectivity index (χ3v) is 3.36. The lowest BCUT2D eigenvalue weighted by molar-refractivity contribution is 0.543. The highest BCUT2D eigenvalue weighted by atomic mass is 35.5. The largest absolute Gasteiger partial charge is 0.271 e. The summed E-state index contributed by atoms with van der Waals surface area (Å²) in [5.41, 5.74) is 5.81. The van der Waals surface area contributed by atoms with Crippen LogP contribution in [-0.4, -0.2) is 15.0 Å². The first-order chi connectivity index (χ1) is 8.61. The van der Waals surface area contributed by atoms with E-state index in [-0.39, 0.29) is 6.04 Å². The summed E-state index contributed by atoms with van der Waals surface area (Å²) in [6, 6.07) is 5.78. The number of benzene rings is 1. The molecule has 0 radical (unpaired) electrons. The summed E-state index contributed by atoms with van der Waals surface area (Å²) in [5.74, 6) is 5.63. The molecular formula is C12H16ClN5. The fraction of sp³-hybridized carbons (Fsp3) is 0.333. The minimum atomic E-state index is -0.0274. The molecule has 1 atom stereocenters. The number of rotatable bonds is 4. The molecule has 2 rings (SSSR count). The van der Waals surface area contributed by atoms with Crippen LogP contribution in [-0.2, 0) is 13.5 Å². The molecule has 2 aromatic rings. The molecule has 0 bridgehead atoms. The SMILES string of the molecule is Cc1c(Cl)cccc1C(Cc1cn(C)nn1)NN. The molecule has 5 nitrogen and oxygen atoms in total. The van der Waals surface area contributed by atoms with Crippen LogP contribution in [0.2, 0.25) is 5.02 Å². The van der Waals surface area contributed by atoms with Crippen LogP contribution < -0.4 is 11.3 Å². The molecule has 96 valence electrons. The Morgan fingerprint density at radius 3 is 2.89 bits per heavy atom. The molecule has 0 saturated heterocycles. The van der Waals surface area contributed by atoms with Crippen molar-refractivity contribution in [2.45, 2.75) is 19.4 Å². The van der Waals surface area contributed by atoms with Gasteiger partial charge in [0.25, 0.3) is 0 Å². The highest BCUT2D eigenvalue weighted by Gasteiger charge is 2.15. The zero-order chi connectivity index (χ0) is 13.1. The Kier molecular flexibility index (Phi) is 3.96. The molecule has 1 unspecified atom stereocenters. The number of halogens is 1. The molecule has 6 heteroatoms. The van der Waals surface area contributed by atoms with E-state index in [4.69, 9.17) is 17.4 Å². The van der Waals surface area contributed by atoms with E-state index in [1.807, 2.05) is 38.4 Å². The Morgan fingerprint density at radius 2 is 2.28 bits per heavy atom. The van der Waals surface area contributed by atoms with Gasteiger partial charge in [0.1, 0.15) is 0 Å². The van der Waals surface area contributed by atoms with Crippen LogP contribution >= 0.6 is 11.6 Å². The molecule has 1 aromatic heterocycles. The predicted molar refractivity (Wildman–Crippen MR) is 71.0 cm³/mol.